The average molecular weight is 290 g/mol. The fourth-order valence-corrected chi connectivity index (χ4v) is 2.71. The fraction of sp³-hybridized carbons (Fsp3) is 0.667. The van der Waals surface area contributed by atoms with E-state index in [1.165, 1.54) is 43.4 Å². The van der Waals surface area contributed by atoms with E-state index in [1.807, 2.05) is 13.8 Å². The summed E-state index contributed by atoms with van der Waals surface area (Å²) in [5, 5.41) is 0. The first kappa shape index (κ1) is 16.3. The molecule has 1 aromatic rings. The van der Waals surface area contributed by atoms with E-state index in [2.05, 4.69) is 30.0 Å². The maximum atomic E-state index is 6.04. The molecule has 3 nitrogen and oxygen atoms in total. The first-order chi connectivity index (χ1) is 10.2. The largest absolute Gasteiger partial charge is 0.494 e. The molecule has 1 aromatic carbocycles. The van der Waals surface area contributed by atoms with Crippen LogP contribution in [0, 0.1) is 0 Å². The van der Waals surface area contributed by atoms with Crippen LogP contribution in [0.3, 0.4) is 0 Å². The minimum absolute atomic E-state index is 0.0736. The van der Waals surface area contributed by atoms with Gasteiger partial charge < -0.3 is 10.5 Å². The number of nitrogens with two attached hydrogens (primary N) is 1. The van der Waals surface area contributed by atoms with E-state index in [9.17, 15) is 0 Å². The summed E-state index contributed by atoms with van der Waals surface area (Å²) >= 11 is 0. The Morgan fingerprint density at radius 1 is 1.33 bits per heavy atom. The van der Waals surface area contributed by atoms with Crippen LogP contribution in [0.25, 0.3) is 0 Å². The molecule has 1 saturated carbocycles. The molecule has 21 heavy (non-hydrogen) atoms. The standard InChI is InChI=1S/C18H30N2O/c1-4-6-11-20(17-8-9-17)13-16-12-15(14(3)19)7-10-18(16)21-5-2/h7,10,12,14,17H,4-6,8-9,11,13,19H2,1-3H3. The van der Waals surface area contributed by atoms with Gasteiger partial charge in [-0.2, -0.15) is 0 Å². The lowest BCUT2D eigenvalue weighted by atomic mass is 10.0. The summed E-state index contributed by atoms with van der Waals surface area (Å²) in [6.07, 6.45) is 5.22. The van der Waals surface area contributed by atoms with Crippen molar-refractivity contribution in [2.75, 3.05) is 13.2 Å². The normalized spacial score (nSPS) is 16.2. The number of nitrogens with zero attached hydrogens (tertiary/aromatic N) is 1. The minimum Gasteiger partial charge on any atom is -0.494 e. The van der Waals surface area contributed by atoms with Gasteiger partial charge in [-0.15, -0.1) is 0 Å². The van der Waals surface area contributed by atoms with Crippen LogP contribution in [0.5, 0.6) is 5.75 Å². The molecule has 1 atom stereocenters. The van der Waals surface area contributed by atoms with Gasteiger partial charge in [0.2, 0.25) is 0 Å². The zero-order valence-electron chi connectivity index (χ0n) is 13.8. The molecule has 0 heterocycles. The molecule has 0 saturated heterocycles. The van der Waals surface area contributed by atoms with Crippen molar-refractivity contribution in [3.8, 4) is 5.75 Å². The molecule has 1 unspecified atom stereocenters. The van der Waals surface area contributed by atoms with Crippen LogP contribution in [0.2, 0.25) is 0 Å². The molecule has 3 heteroatoms. The quantitative estimate of drug-likeness (QED) is 0.750. The summed E-state index contributed by atoms with van der Waals surface area (Å²) in [6, 6.07) is 7.26. The van der Waals surface area contributed by atoms with E-state index in [1.54, 1.807) is 0 Å². The molecule has 1 aliphatic carbocycles. The van der Waals surface area contributed by atoms with Gasteiger partial charge in [-0.05, 0) is 57.4 Å². The van der Waals surface area contributed by atoms with Gasteiger partial charge >= 0.3 is 0 Å². The molecule has 1 fully saturated rings. The Morgan fingerprint density at radius 2 is 2.10 bits per heavy atom. The Labute approximate surface area is 129 Å². The van der Waals surface area contributed by atoms with Gasteiger partial charge in [0.25, 0.3) is 0 Å². The molecular formula is C18H30N2O. The van der Waals surface area contributed by atoms with Crippen LogP contribution >= 0.6 is 0 Å². The highest BCUT2D eigenvalue weighted by Gasteiger charge is 2.29. The Balaban J connectivity index is 2.15. The monoisotopic (exact) mass is 290 g/mol. The molecule has 0 radical (unpaired) electrons. The van der Waals surface area contributed by atoms with Crippen LogP contribution in [-0.2, 0) is 6.54 Å². The van der Waals surface area contributed by atoms with E-state index in [0.717, 1.165) is 18.3 Å². The predicted octanol–water partition coefficient (Wildman–Crippen LogP) is 3.87. The molecule has 0 amide bonds. The lowest BCUT2D eigenvalue weighted by Gasteiger charge is -2.24. The second-order valence-corrected chi connectivity index (χ2v) is 6.14. The van der Waals surface area contributed by atoms with E-state index in [4.69, 9.17) is 10.5 Å². The summed E-state index contributed by atoms with van der Waals surface area (Å²) in [6.45, 7) is 9.22. The van der Waals surface area contributed by atoms with Crippen LogP contribution in [0.1, 0.15) is 63.6 Å². The van der Waals surface area contributed by atoms with E-state index >= 15 is 0 Å². The van der Waals surface area contributed by atoms with Gasteiger partial charge in [-0.3, -0.25) is 4.90 Å². The van der Waals surface area contributed by atoms with Gasteiger partial charge in [0.1, 0.15) is 5.75 Å². The third-order valence-electron chi connectivity index (χ3n) is 4.15. The van der Waals surface area contributed by atoms with Gasteiger partial charge in [0.05, 0.1) is 6.61 Å². The third-order valence-corrected chi connectivity index (χ3v) is 4.15. The van der Waals surface area contributed by atoms with Gasteiger partial charge in [-0.1, -0.05) is 19.4 Å². The van der Waals surface area contributed by atoms with Crippen molar-refractivity contribution in [1.29, 1.82) is 0 Å². The van der Waals surface area contributed by atoms with Crippen LogP contribution in [0.4, 0.5) is 0 Å². The number of benzene rings is 1. The molecule has 0 bridgehead atoms. The second-order valence-electron chi connectivity index (χ2n) is 6.14. The Bertz CT molecular complexity index is 441. The molecule has 118 valence electrons. The SMILES string of the molecule is CCCCN(Cc1cc(C(C)N)ccc1OCC)C1CC1. The highest BCUT2D eigenvalue weighted by molar-refractivity contribution is 5.38. The first-order valence-electron chi connectivity index (χ1n) is 8.41. The number of rotatable bonds is 9. The Morgan fingerprint density at radius 3 is 2.67 bits per heavy atom. The van der Waals surface area contributed by atoms with Gasteiger partial charge in [0, 0.05) is 24.2 Å². The number of hydrogen-bond donors (Lipinski definition) is 1. The Kier molecular flexibility index (Phi) is 6.07. The highest BCUT2D eigenvalue weighted by Crippen LogP contribution is 2.31. The van der Waals surface area contributed by atoms with Crippen LogP contribution in [-0.4, -0.2) is 24.1 Å². The van der Waals surface area contributed by atoms with Crippen molar-refractivity contribution < 1.29 is 4.74 Å². The van der Waals surface area contributed by atoms with Gasteiger partial charge in [0.15, 0.2) is 0 Å². The highest BCUT2D eigenvalue weighted by atomic mass is 16.5. The topological polar surface area (TPSA) is 38.5 Å². The van der Waals surface area contributed by atoms with Gasteiger partial charge in [-0.25, -0.2) is 0 Å². The number of hydrogen-bond acceptors (Lipinski definition) is 3. The molecule has 1 aliphatic rings. The summed E-state index contributed by atoms with van der Waals surface area (Å²) in [5.74, 6) is 1.02. The number of unbranched alkanes of at least 4 members (excludes halogenated alkanes) is 1. The predicted molar refractivity (Wildman–Crippen MR) is 88.6 cm³/mol. The fourth-order valence-electron chi connectivity index (χ4n) is 2.71. The van der Waals surface area contributed by atoms with Crippen molar-refractivity contribution in [2.24, 2.45) is 5.73 Å². The zero-order valence-corrected chi connectivity index (χ0v) is 13.8. The zero-order chi connectivity index (χ0) is 15.2. The second kappa shape index (κ2) is 7.81. The maximum Gasteiger partial charge on any atom is 0.123 e. The summed E-state index contributed by atoms with van der Waals surface area (Å²) < 4.78 is 5.81. The maximum absolute atomic E-state index is 6.04. The lowest BCUT2D eigenvalue weighted by Crippen LogP contribution is -2.27. The number of ether oxygens (including phenoxy) is 1. The van der Waals surface area contributed by atoms with Crippen molar-refractivity contribution in [3.63, 3.8) is 0 Å². The van der Waals surface area contributed by atoms with Crippen molar-refractivity contribution >= 4 is 0 Å². The average Bonchev–Trinajstić information content (AvgIpc) is 3.29. The molecule has 0 aliphatic heterocycles. The molecule has 2 N–H and O–H groups in total. The first-order valence-corrected chi connectivity index (χ1v) is 8.41. The minimum atomic E-state index is 0.0736. The molecule has 0 spiro atoms. The van der Waals surface area contributed by atoms with Crippen LogP contribution < -0.4 is 10.5 Å². The van der Waals surface area contributed by atoms with E-state index < -0.39 is 0 Å². The van der Waals surface area contributed by atoms with E-state index in [0.29, 0.717) is 6.61 Å². The van der Waals surface area contributed by atoms with Crippen molar-refractivity contribution in [1.82, 2.24) is 4.90 Å². The van der Waals surface area contributed by atoms with Crippen molar-refractivity contribution in [2.45, 2.75) is 65.1 Å². The molecule has 2 rings (SSSR count). The molecule has 0 aromatic heterocycles. The van der Waals surface area contributed by atoms with Crippen molar-refractivity contribution in [3.05, 3.63) is 29.3 Å². The van der Waals surface area contributed by atoms with E-state index in [-0.39, 0.29) is 6.04 Å². The summed E-state index contributed by atoms with van der Waals surface area (Å²) in [5.41, 5.74) is 8.52. The Hall–Kier alpha value is -1.06. The third kappa shape index (κ3) is 4.72. The summed E-state index contributed by atoms with van der Waals surface area (Å²) in [7, 11) is 0. The lowest BCUT2D eigenvalue weighted by molar-refractivity contribution is 0.244. The van der Waals surface area contributed by atoms with Crippen LogP contribution in [0.15, 0.2) is 18.2 Å². The molecular weight excluding hydrogens is 260 g/mol. The smallest absolute Gasteiger partial charge is 0.123 e. The summed E-state index contributed by atoms with van der Waals surface area (Å²) in [4.78, 5) is 2.62.